The van der Waals surface area contributed by atoms with Crippen molar-refractivity contribution in [1.82, 2.24) is 0 Å². The van der Waals surface area contributed by atoms with E-state index in [0.29, 0.717) is 10.6 Å². The Hall–Kier alpha value is -1.25. The second-order valence-corrected chi connectivity index (χ2v) is 6.98. The Labute approximate surface area is 94.3 Å². The zero-order chi connectivity index (χ0) is 11.7. The summed E-state index contributed by atoms with van der Waals surface area (Å²) in [5.74, 6) is 0. The number of rotatable bonds is 2. The Morgan fingerprint density at radius 1 is 0.688 bits per heavy atom. The molecule has 0 saturated carbocycles. The summed E-state index contributed by atoms with van der Waals surface area (Å²) in [7, 11) is -4.43. The third-order valence-corrected chi connectivity index (χ3v) is 5.16. The molecule has 0 aliphatic heterocycles. The molecular weight excluding hydrogens is 221 g/mol. The van der Waals surface area contributed by atoms with Gasteiger partial charge in [-0.15, -0.1) is 0 Å². The molecule has 0 bridgehead atoms. The van der Waals surface area contributed by atoms with E-state index in [-0.39, 0.29) is 0 Å². The predicted molar refractivity (Wildman–Crippen MR) is 67.7 cm³/mol. The molecule has 2 aromatic carbocycles. The molecule has 0 aromatic heterocycles. The summed E-state index contributed by atoms with van der Waals surface area (Å²) in [5, 5.41) is 0.722. The van der Waals surface area contributed by atoms with Gasteiger partial charge in [-0.25, -0.2) is 0 Å². The Morgan fingerprint density at radius 3 is 1.31 bits per heavy atom. The number of nitrogens with two attached hydrogens (primary N) is 1. The zero-order valence-corrected chi connectivity index (χ0v) is 9.59. The fraction of sp³-hybridized carbons (Fsp3) is 0. The van der Waals surface area contributed by atoms with Crippen LogP contribution in [-0.4, -0.2) is 9.79 Å². The van der Waals surface area contributed by atoms with Crippen LogP contribution < -0.4 is 16.1 Å². The van der Waals surface area contributed by atoms with Gasteiger partial charge in [-0.2, -0.15) is 0 Å². The van der Waals surface area contributed by atoms with Crippen LogP contribution in [0.2, 0.25) is 0 Å². The van der Waals surface area contributed by atoms with Crippen LogP contribution in [0.4, 0.5) is 0 Å². The van der Waals surface area contributed by atoms with Crippen molar-refractivity contribution in [2.24, 2.45) is 5.50 Å². The maximum atomic E-state index is 10.4. The Kier molecular flexibility index (Phi) is 2.56. The Morgan fingerprint density at radius 2 is 1.00 bits per heavy atom. The molecule has 0 heterocycles. The van der Waals surface area contributed by atoms with E-state index in [1.54, 1.807) is 60.7 Å². The molecule has 0 radical (unpaired) electrons. The summed E-state index contributed by atoms with van der Waals surface area (Å²) in [6.45, 7) is 0. The quantitative estimate of drug-likeness (QED) is 0.677. The number of hydrogen-bond acceptors (Lipinski definition) is 3. The van der Waals surface area contributed by atoms with Gasteiger partial charge in [-0.3, -0.25) is 0 Å². The van der Waals surface area contributed by atoms with Crippen LogP contribution in [-0.2, 0) is 0 Å². The normalized spacial score (nSPS) is 14.1. The summed E-state index contributed by atoms with van der Waals surface area (Å²) >= 11 is 0. The van der Waals surface area contributed by atoms with E-state index in [0.717, 1.165) is 0 Å². The van der Waals surface area contributed by atoms with Crippen molar-refractivity contribution < 1.29 is 9.79 Å². The van der Waals surface area contributed by atoms with Gasteiger partial charge < -0.3 is 0 Å². The third kappa shape index (κ3) is 1.86. The zero-order valence-electron chi connectivity index (χ0n) is 8.69. The molecular formula is C12H14NO2P. The van der Waals surface area contributed by atoms with Gasteiger partial charge in [0.2, 0.25) is 0 Å². The second-order valence-electron chi connectivity index (χ2n) is 3.76. The molecule has 16 heavy (non-hydrogen) atoms. The molecule has 4 heteroatoms. The molecule has 0 spiro atoms. The van der Waals surface area contributed by atoms with Crippen molar-refractivity contribution in [2.75, 3.05) is 0 Å². The molecule has 0 aliphatic carbocycles. The second kappa shape index (κ2) is 3.65. The minimum atomic E-state index is -4.43. The van der Waals surface area contributed by atoms with Crippen molar-refractivity contribution in [3.8, 4) is 0 Å². The molecule has 2 aromatic rings. The average Bonchev–Trinajstić information content (AvgIpc) is 2.31. The predicted octanol–water partition coefficient (Wildman–Crippen LogP) is 0.879. The van der Waals surface area contributed by atoms with Gasteiger partial charge in [0.25, 0.3) is 0 Å². The Bertz CT molecular complexity index is 433. The first-order valence-corrected chi connectivity index (χ1v) is 7.14. The van der Waals surface area contributed by atoms with Crippen molar-refractivity contribution >= 4 is 17.8 Å². The molecule has 2 rings (SSSR count). The van der Waals surface area contributed by atoms with Crippen molar-refractivity contribution in [3.05, 3.63) is 60.7 Å². The average molecular weight is 235 g/mol. The molecule has 4 N–H and O–H groups in total. The van der Waals surface area contributed by atoms with E-state index in [1.165, 1.54) is 0 Å². The van der Waals surface area contributed by atoms with Crippen molar-refractivity contribution in [2.45, 2.75) is 0 Å². The Balaban J connectivity index is 2.60. The summed E-state index contributed by atoms with van der Waals surface area (Å²) in [6, 6.07) is 17.1. The summed E-state index contributed by atoms with van der Waals surface area (Å²) in [5.41, 5.74) is 5.84. The van der Waals surface area contributed by atoms with Crippen LogP contribution in [0, 0.1) is 0 Å². The molecule has 0 saturated heterocycles. The summed E-state index contributed by atoms with van der Waals surface area (Å²) in [4.78, 5) is 20.8. The third-order valence-electron chi connectivity index (χ3n) is 2.53. The van der Waals surface area contributed by atoms with Crippen molar-refractivity contribution in [1.29, 1.82) is 0 Å². The van der Waals surface area contributed by atoms with E-state index in [1.807, 2.05) is 0 Å². The van der Waals surface area contributed by atoms with E-state index in [4.69, 9.17) is 5.50 Å². The first-order valence-electron chi connectivity index (χ1n) is 4.93. The van der Waals surface area contributed by atoms with Gasteiger partial charge in [-0.05, 0) is 0 Å². The summed E-state index contributed by atoms with van der Waals surface area (Å²) in [6.07, 6.45) is 0. The van der Waals surface area contributed by atoms with E-state index >= 15 is 0 Å². The standard InChI is InChI=1S/C12H14NO2P/c13-16(14,15,11-7-3-1-4-8-11)12-9-5-2-6-10-12/h1-10,14-15H,13H2. The van der Waals surface area contributed by atoms with Gasteiger partial charge in [0.1, 0.15) is 0 Å². The van der Waals surface area contributed by atoms with Gasteiger partial charge in [-0.1, -0.05) is 0 Å². The molecule has 0 aliphatic rings. The molecule has 0 atom stereocenters. The van der Waals surface area contributed by atoms with Crippen LogP contribution in [0.5, 0.6) is 0 Å². The SMILES string of the molecule is NP(O)(O)(c1ccccc1)c1ccccc1. The van der Waals surface area contributed by atoms with Crippen LogP contribution in [0.15, 0.2) is 60.7 Å². The van der Waals surface area contributed by atoms with Gasteiger partial charge in [0.05, 0.1) is 0 Å². The molecule has 84 valence electrons. The van der Waals surface area contributed by atoms with E-state index < -0.39 is 7.21 Å². The first-order chi connectivity index (χ1) is 7.49. The van der Waals surface area contributed by atoms with Crippen LogP contribution in [0.25, 0.3) is 0 Å². The summed E-state index contributed by atoms with van der Waals surface area (Å²) < 4.78 is 0. The maximum absolute atomic E-state index is 10.4. The van der Waals surface area contributed by atoms with E-state index in [2.05, 4.69) is 0 Å². The monoisotopic (exact) mass is 235 g/mol. The van der Waals surface area contributed by atoms with Gasteiger partial charge >= 0.3 is 93.8 Å². The van der Waals surface area contributed by atoms with Gasteiger partial charge in [0.15, 0.2) is 0 Å². The van der Waals surface area contributed by atoms with Crippen LogP contribution >= 0.6 is 7.21 Å². The number of hydrogen-bond donors (Lipinski definition) is 3. The fourth-order valence-corrected chi connectivity index (χ4v) is 3.41. The minimum absolute atomic E-state index is 0.361. The van der Waals surface area contributed by atoms with E-state index in [9.17, 15) is 9.79 Å². The molecule has 0 fully saturated rings. The van der Waals surface area contributed by atoms with Gasteiger partial charge in [0, 0.05) is 0 Å². The number of benzene rings is 2. The van der Waals surface area contributed by atoms with Crippen LogP contribution in [0.3, 0.4) is 0 Å². The topological polar surface area (TPSA) is 66.5 Å². The molecule has 0 amide bonds. The van der Waals surface area contributed by atoms with Crippen molar-refractivity contribution in [3.63, 3.8) is 0 Å². The fourth-order valence-electron chi connectivity index (χ4n) is 1.59. The molecule has 3 nitrogen and oxygen atoms in total. The molecule has 0 unspecified atom stereocenters. The van der Waals surface area contributed by atoms with Crippen LogP contribution in [0.1, 0.15) is 0 Å². The first kappa shape index (κ1) is 11.2.